The molecular formula is C15H30N2O. The van der Waals surface area contributed by atoms with Crippen molar-refractivity contribution >= 4 is 5.91 Å². The van der Waals surface area contributed by atoms with Crippen LogP contribution in [0.5, 0.6) is 0 Å². The number of amides is 1. The van der Waals surface area contributed by atoms with Crippen molar-refractivity contribution in [3.63, 3.8) is 0 Å². The molecule has 1 atom stereocenters. The molecule has 0 saturated heterocycles. The minimum Gasteiger partial charge on any atom is -0.341 e. The smallest absolute Gasteiger partial charge is 0.239 e. The molecular weight excluding hydrogens is 224 g/mol. The Morgan fingerprint density at radius 1 is 1.17 bits per heavy atom. The average Bonchev–Trinajstić information content (AvgIpc) is 2.39. The number of carbonyl (C=O) groups excluding carboxylic acids is 1. The molecule has 3 nitrogen and oxygen atoms in total. The lowest BCUT2D eigenvalue weighted by Gasteiger charge is -2.28. The van der Waals surface area contributed by atoms with Gasteiger partial charge >= 0.3 is 0 Å². The van der Waals surface area contributed by atoms with E-state index in [-0.39, 0.29) is 11.9 Å². The van der Waals surface area contributed by atoms with Crippen LogP contribution in [0, 0.1) is 5.92 Å². The van der Waals surface area contributed by atoms with E-state index < -0.39 is 0 Å². The van der Waals surface area contributed by atoms with Gasteiger partial charge in [-0.3, -0.25) is 4.79 Å². The fourth-order valence-electron chi connectivity index (χ4n) is 2.99. The van der Waals surface area contributed by atoms with Crippen molar-refractivity contribution in [1.82, 2.24) is 4.90 Å². The summed E-state index contributed by atoms with van der Waals surface area (Å²) in [5, 5.41) is 0. The van der Waals surface area contributed by atoms with Crippen molar-refractivity contribution in [2.24, 2.45) is 11.7 Å². The van der Waals surface area contributed by atoms with Gasteiger partial charge in [0.1, 0.15) is 0 Å². The van der Waals surface area contributed by atoms with Crippen LogP contribution in [-0.4, -0.2) is 29.9 Å². The van der Waals surface area contributed by atoms with Crippen molar-refractivity contribution in [3.8, 4) is 0 Å². The number of carbonyl (C=O) groups is 1. The topological polar surface area (TPSA) is 46.3 Å². The Hall–Kier alpha value is -0.570. The number of nitrogens with two attached hydrogens (primary N) is 1. The standard InChI is InChI=1S/C15H30N2O/c1-3-10-17(11-4-2)15(18)14(16)12-13-8-6-5-7-9-13/h13-14H,3-12,16H2,1-2H3. The fourth-order valence-corrected chi connectivity index (χ4v) is 2.99. The zero-order valence-electron chi connectivity index (χ0n) is 12.2. The Labute approximate surface area is 112 Å². The maximum Gasteiger partial charge on any atom is 0.239 e. The van der Waals surface area contributed by atoms with E-state index in [0.29, 0.717) is 5.92 Å². The minimum absolute atomic E-state index is 0.171. The highest BCUT2D eigenvalue weighted by Gasteiger charge is 2.24. The Bertz CT molecular complexity index is 231. The van der Waals surface area contributed by atoms with Gasteiger partial charge in [-0.15, -0.1) is 0 Å². The van der Waals surface area contributed by atoms with Crippen molar-refractivity contribution in [2.75, 3.05) is 13.1 Å². The molecule has 1 aliphatic rings. The van der Waals surface area contributed by atoms with E-state index in [1.54, 1.807) is 0 Å². The maximum atomic E-state index is 12.3. The first-order chi connectivity index (χ1) is 8.69. The van der Waals surface area contributed by atoms with E-state index in [1.165, 1.54) is 32.1 Å². The van der Waals surface area contributed by atoms with Gasteiger partial charge in [-0.05, 0) is 25.2 Å². The molecule has 1 amide bonds. The predicted molar refractivity (Wildman–Crippen MR) is 76.3 cm³/mol. The second kappa shape index (κ2) is 8.52. The Morgan fingerprint density at radius 3 is 2.22 bits per heavy atom. The Morgan fingerprint density at radius 2 is 1.72 bits per heavy atom. The predicted octanol–water partition coefficient (Wildman–Crippen LogP) is 2.93. The highest BCUT2D eigenvalue weighted by molar-refractivity contribution is 5.81. The van der Waals surface area contributed by atoms with E-state index >= 15 is 0 Å². The van der Waals surface area contributed by atoms with Gasteiger partial charge in [0.25, 0.3) is 0 Å². The molecule has 3 heteroatoms. The van der Waals surface area contributed by atoms with Gasteiger partial charge in [0.15, 0.2) is 0 Å². The van der Waals surface area contributed by atoms with Gasteiger partial charge in [-0.25, -0.2) is 0 Å². The van der Waals surface area contributed by atoms with Gasteiger partial charge in [0.2, 0.25) is 5.91 Å². The first-order valence-electron chi connectivity index (χ1n) is 7.73. The lowest BCUT2D eigenvalue weighted by atomic mass is 9.85. The summed E-state index contributed by atoms with van der Waals surface area (Å²) in [4.78, 5) is 14.2. The zero-order valence-corrected chi connectivity index (χ0v) is 12.2. The van der Waals surface area contributed by atoms with Gasteiger partial charge in [0.05, 0.1) is 6.04 Å². The van der Waals surface area contributed by atoms with E-state index in [9.17, 15) is 4.79 Å². The second-order valence-electron chi connectivity index (χ2n) is 5.67. The molecule has 1 saturated carbocycles. The number of nitrogens with zero attached hydrogens (tertiary/aromatic N) is 1. The monoisotopic (exact) mass is 254 g/mol. The van der Waals surface area contributed by atoms with E-state index in [4.69, 9.17) is 5.73 Å². The van der Waals surface area contributed by atoms with Gasteiger partial charge in [-0.2, -0.15) is 0 Å². The van der Waals surface area contributed by atoms with Crippen LogP contribution < -0.4 is 5.73 Å². The van der Waals surface area contributed by atoms with Crippen LogP contribution in [0.25, 0.3) is 0 Å². The molecule has 18 heavy (non-hydrogen) atoms. The van der Waals surface area contributed by atoms with Crippen LogP contribution in [0.15, 0.2) is 0 Å². The third-order valence-electron chi connectivity index (χ3n) is 3.93. The highest BCUT2D eigenvalue weighted by atomic mass is 16.2. The van der Waals surface area contributed by atoms with E-state index in [1.807, 2.05) is 4.90 Å². The van der Waals surface area contributed by atoms with Crippen molar-refractivity contribution in [1.29, 1.82) is 0 Å². The summed E-state index contributed by atoms with van der Waals surface area (Å²) < 4.78 is 0. The molecule has 1 unspecified atom stereocenters. The first-order valence-corrected chi connectivity index (χ1v) is 7.73. The summed E-state index contributed by atoms with van der Waals surface area (Å²) in [5.74, 6) is 0.854. The van der Waals surface area contributed by atoms with Crippen molar-refractivity contribution in [2.45, 2.75) is 71.3 Å². The van der Waals surface area contributed by atoms with E-state index in [0.717, 1.165) is 32.4 Å². The number of hydrogen-bond donors (Lipinski definition) is 1. The first kappa shape index (κ1) is 15.5. The molecule has 1 rings (SSSR count). The summed E-state index contributed by atoms with van der Waals surface area (Å²) >= 11 is 0. The van der Waals surface area contributed by atoms with Crippen LogP contribution >= 0.6 is 0 Å². The van der Waals surface area contributed by atoms with Gasteiger partial charge in [-0.1, -0.05) is 46.0 Å². The maximum absolute atomic E-state index is 12.3. The highest BCUT2D eigenvalue weighted by Crippen LogP contribution is 2.27. The number of hydrogen-bond acceptors (Lipinski definition) is 2. The summed E-state index contributed by atoms with van der Waals surface area (Å²) in [6, 6.07) is -0.272. The summed E-state index contributed by atoms with van der Waals surface area (Å²) in [6.45, 7) is 5.93. The van der Waals surface area contributed by atoms with Crippen LogP contribution in [0.1, 0.15) is 65.2 Å². The molecule has 0 radical (unpaired) electrons. The third-order valence-corrected chi connectivity index (χ3v) is 3.93. The van der Waals surface area contributed by atoms with Crippen LogP contribution in [-0.2, 0) is 4.79 Å². The molecule has 0 aromatic rings. The van der Waals surface area contributed by atoms with Crippen molar-refractivity contribution < 1.29 is 4.79 Å². The molecule has 0 aromatic carbocycles. The van der Waals surface area contributed by atoms with Crippen LogP contribution in [0.2, 0.25) is 0 Å². The molecule has 0 spiro atoms. The van der Waals surface area contributed by atoms with Gasteiger partial charge < -0.3 is 10.6 Å². The summed E-state index contributed by atoms with van der Waals surface area (Å²) in [7, 11) is 0. The average molecular weight is 254 g/mol. The molecule has 2 N–H and O–H groups in total. The largest absolute Gasteiger partial charge is 0.341 e. The second-order valence-corrected chi connectivity index (χ2v) is 5.67. The summed E-state index contributed by atoms with van der Waals surface area (Å²) in [6.07, 6.45) is 9.45. The zero-order chi connectivity index (χ0) is 13.4. The fraction of sp³-hybridized carbons (Fsp3) is 0.933. The molecule has 1 fully saturated rings. The minimum atomic E-state index is -0.272. The number of rotatable bonds is 7. The lowest BCUT2D eigenvalue weighted by Crippen LogP contribution is -2.45. The Balaban J connectivity index is 2.41. The molecule has 1 aliphatic carbocycles. The van der Waals surface area contributed by atoms with Crippen LogP contribution in [0.4, 0.5) is 0 Å². The normalized spacial score (nSPS) is 18.6. The molecule has 0 aromatic heterocycles. The SMILES string of the molecule is CCCN(CCC)C(=O)C(N)CC1CCCCC1. The Kier molecular flexibility index (Phi) is 7.33. The quantitative estimate of drug-likeness (QED) is 0.759. The van der Waals surface area contributed by atoms with Gasteiger partial charge in [0, 0.05) is 13.1 Å². The summed E-state index contributed by atoms with van der Waals surface area (Å²) in [5.41, 5.74) is 6.12. The van der Waals surface area contributed by atoms with Crippen molar-refractivity contribution in [3.05, 3.63) is 0 Å². The molecule has 0 aliphatic heterocycles. The third kappa shape index (κ3) is 4.97. The molecule has 0 heterocycles. The van der Waals surface area contributed by atoms with E-state index in [2.05, 4.69) is 13.8 Å². The molecule has 0 bridgehead atoms. The molecule has 106 valence electrons. The lowest BCUT2D eigenvalue weighted by molar-refractivity contribution is -0.133. The van der Waals surface area contributed by atoms with Crippen LogP contribution in [0.3, 0.4) is 0 Å².